The van der Waals surface area contributed by atoms with Gasteiger partial charge in [0, 0.05) is 15.1 Å². The van der Waals surface area contributed by atoms with Crippen molar-refractivity contribution in [2.75, 3.05) is 6.54 Å². The molecule has 0 bridgehead atoms. The number of benzene rings is 1. The molecule has 6 heteroatoms. The molecule has 19 heavy (non-hydrogen) atoms. The van der Waals surface area contributed by atoms with Gasteiger partial charge >= 0.3 is 6.03 Å². The van der Waals surface area contributed by atoms with Crippen LogP contribution in [0.25, 0.3) is 0 Å². The summed E-state index contributed by atoms with van der Waals surface area (Å²) in [5, 5.41) is 2.94. The number of hydrogen-bond donors (Lipinski definition) is 1. The van der Waals surface area contributed by atoms with Gasteiger partial charge in [0.2, 0.25) is 0 Å². The lowest BCUT2D eigenvalue weighted by molar-refractivity contribution is -0.130. The van der Waals surface area contributed by atoms with Crippen LogP contribution in [-0.4, -0.2) is 23.4 Å². The number of amides is 3. The second-order valence-electron chi connectivity index (χ2n) is 4.44. The van der Waals surface area contributed by atoms with Crippen LogP contribution in [0.2, 0.25) is 0 Å². The quantitative estimate of drug-likeness (QED) is 0.858. The molecule has 1 aromatic rings. The zero-order valence-electron chi connectivity index (χ0n) is 10.2. The van der Waals surface area contributed by atoms with Crippen LogP contribution in [0.4, 0.5) is 4.79 Å². The van der Waals surface area contributed by atoms with Crippen molar-refractivity contribution in [3.8, 4) is 0 Å². The molecule has 2 rings (SSSR count). The maximum atomic E-state index is 12.4. The molecule has 4 nitrogen and oxygen atoms in total. The minimum absolute atomic E-state index is 0.00622. The first kappa shape index (κ1) is 14.1. The van der Waals surface area contributed by atoms with Crippen molar-refractivity contribution in [1.82, 2.24) is 10.2 Å². The fourth-order valence-corrected chi connectivity index (χ4v) is 2.86. The molecule has 0 spiro atoms. The second kappa shape index (κ2) is 4.98. The fourth-order valence-electron chi connectivity index (χ4n) is 2.06. The van der Waals surface area contributed by atoms with E-state index in [0.29, 0.717) is 5.56 Å². The number of rotatable bonds is 3. The van der Waals surface area contributed by atoms with E-state index in [4.69, 9.17) is 11.6 Å². The Hall–Kier alpha value is -1.33. The van der Waals surface area contributed by atoms with Crippen LogP contribution in [0.15, 0.2) is 40.3 Å². The molecule has 0 aliphatic carbocycles. The third-order valence-electron chi connectivity index (χ3n) is 3.02. The molecule has 1 aromatic carbocycles. The molecule has 1 aliphatic rings. The SMILES string of the molecule is C=C(Cl)CN1C(=O)NC(C)(c2ccccc2Br)C1=O. The normalized spacial score (nSPS) is 22.6. The molecule has 3 amide bonds. The molecular formula is C13H12BrClN2O2. The Balaban J connectivity index is 2.41. The van der Waals surface area contributed by atoms with E-state index >= 15 is 0 Å². The lowest BCUT2D eigenvalue weighted by Crippen LogP contribution is -2.41. The summed E-state index contributed by atoms with van der Waals surface area (Å²) < 4.78 is 0.762. The summed E-state index contributed by atoms with van der Waals surface area (Å²) in [6, 6.07) is 6.81. The van der Waals surface area contributed by atoms with E-state index in [1.165, 1.54) is 0 Å². The number of halogens is 2. The van der Waals surface area contributed by atoms with Crippen molar-refractivity contribution < 1.29 is 9.59 Å². The van der Waals surface area contributed by atoms with Gasteiger partial charge in [-0.3, -0.25) is 9.69 Å². The molecule has 100 valence electrons. The summed E-state index contributed by atoms with van der Waals surface area (Å²) in [7, 11) is 0. The van der Waals surface area contributed by atoms with Crippen molar-refractivity contribution in [3.63, 3.8) is 0 Å². The molecule has 1 atom stereocenters. The van der Waals surface area contributed by atoms with Crippen LogP contribution in [0, 0.1) is 0 Å². The molecule has 1 unspecified atom stereocenters. The highest BCUT2D eigenvalue weighted by Gasteiger charge is 2.49. The van der Waals surface area contributed by atoms with E-state index in [1.54, 1.807) is 13.0 Å². The van der Waals surface area contributed by atoms with Crippen molar-refractivity contribution >= 4 is 39.5 Å². The van der Waals surface area contributed by atoms with Gasteiger partial charge in [0.25, 0.3) is 5.91 Å². The summed E-state index contributed by atoms with van der Waals surface area (Å²) >= 11 is 9.08. The van der Waals surface area contributed by atoms with Crippen LogP contribution < -0.4 is 5.32 Å². The third kappa shape index (κ3) is 2.40. The minimum Gasteiger partial charge on any atom is -0.319 e. The van der Waals surface area contributed by atoms with E-state index in [2.05, 4.69) is 27.8 Å². The van der Waals surface area contributed by atoms with Gasteiger partial charge in [0.15, 0.2) is 0 Å². The smallest absolute Gasteiger partial charge is 0.319 e. The molecule has 1 N–H and O–H groups in total. The van der Waals surface area contributed by atoms with E-state index in [-0.39, 0.29) is 17.5 Å². The standard InChI is InChI=1S/C13H12BrClN2O2/c1-8(15)7-17-11(18)13(2,16-12(17)19)9-5-3-4-6-10(9)14/h3-6H,1,7H2,2H3,(H,16,19). The Morgan fingerprint density at radius 2 is 2.11 bits per heavy atom. The van der Waals surface area contributed by atoms with Crippen molar-refractivity contribution in [2.45, 2.75) is 12.5 Å². The van der Waals surface area contributed by atoms with Gasteiger partial charge in [-0.05, 0) is 13.0 Å². The summed E-state index contributed by atoms with van der Waals surface area (Å²) in [6.45, 7) is 5.19. The average Bonchev–Trinajstić information content (AvgIpc) is 2.54. The van der Waals surface area contributed by atoms with E-state index < -0.39 is 11.6 Å². The number of nitrogens with one attached hydrogen (secondary N) is 1. The lowest BCUT2D eigenvalue weighted by atomic mass is 9.92. The monoisotopic (exact) mass is 342 g/mol. The maximum Gasteiger partial charge on any atom is 0.325 e. The lowest BCUT2D eigenvalue weighted by Gasteiger charge is -2.23. The number of hydrogen-bond acceptors (Lipinski definition) is 2. The highest BCUT2D eigenvalue weighted by atomic mass is 79.9. The first-order valence-corrected chi connectivity index (χ1v) is 6.76. The zero-order valence-corrected chi connectivity index (χ0v) is 12.6. The summed E-state index contributed by atoms with van der Waals surface area (Å²) in [5.41, 5.74) is -0.389. The predicted molar refractivity (Wildman–Crippen MR) is 76.7 cm³/mol. The average molecular weight is 344 g/mol. The van der Waals surface area contributed by atoms with E-state index in [9.17, 15) is 9.59 Å². The molecule has 1 saturated heterocycles. The van der Waals surface area contributed by atoms with Gasteiger partial charge < -0.3 is 5.32 Å². The highest BCUT2D eigenvalue weighted by Crippen LogP contribution is 2.33. The number of imide groups is 1. The molecule has 0 saturated carbocycles. The van der Waals surface area contributed by atoms with Crippen molar-refractivity contribution in [3.05, 3.63) is 45.9 Å². The highest BCUT2D eigenvalue weighted by molar-refractivity contribution is 9.10. The first-order chi connectivity index (χ1) is 8.86. The molecule has 0 aromatic heterocycles. The Bertz CT molecular complexity index is 576. The van der Waals surface area contributed by atoms with Crippen LogP contribution in [0.5, 0.6) is 0 Å². The van der Waals surface area contributed by atoms with Gasteiger partial charge in [-0.15, -0.1) is 0 Å². The largest absolute Gasteiger partial charge is 0.325 e. The number of carbonyl (C=O) groups excluding carboxylic acids is 2. The zero-order chi connectivity index (χ0) is 14.2. The Morgan fingerprint density at radius 1 is 1.47 bits per heavy atom. The van der Waals surface area contributed by atoms with Crippen LogP contribution >= 0.6 is 27.5 Å². The number of nitrogens with zero attached hydrogens (tertiary/aromatic N) is 1. The topological polar surface area (TPSA) is 49.4 Å². The summed E-state index contributed by atoms with van der Waals surface area (Å²) in [6.07, 6.45) is 0. The Labute approximate surface area is 124 Å². The Morgan fingerprint density at radius 3 is 2.68 bits per heavy atom. The second-order valence-corrected chi connectivity index (χ2v) is 5.83. The van der Waals surface area contributed by atoms with Gasteiger partial charge in [-0.2, -0.15) is 0 Å². The molecular weight excluding hydrogens is 332 g/mol. The molecule has 1 fully saturated rings. The molecule has 1 aliphatic heterocycles. The van der Waals surface area contributed by atoms with Gasteiger partial charge in [-0.1, -0.05) is 52.3 Å². The Kier molecular flexibility index (Phi) is 3.69. The number of urea groups is 1. The minimum atomic E-state index is -1.09. The van der Waals surface area contributed by atoms with Gasteiger partial charge in [0.1, 0.15) is 5.54 Å². The molecule has 0 radical (unpaired) electrons. The van der Waals surface area contributed by atoms with Crippen molar-refractivity contribution in [1.29, 1.82) is 0 Å². The number of carbonyl (C=O) groups is 2. The van der Waals surface area contributed by atoms with Crippen LogP contribution in [0.3, 0.4) is 0 Å². The summed E-state index contributed by atoms with van der Waals surface area (Å²) in [5.74, 6) is -0.341. The first-order valence-electron chi connectivity index (χ1n) is 5.58. The van der Waals surface area contributed by atoms with Gasteiger partial charge in [0.05, 0.1) is 6.54 Å². The van der Waals surface area contributed by atoms with Crippen LogP contribution in [-0.2, 0) is 10.3 Å². The van der Waals surface area contributed by atoms with E-state index in [0.717, 1.165) is 9.37 Å². The van der Waals surface area contributed by atoms with Gasteiger partial charge in [-0.25, -0.2) is 4.79 Å². The fraction of sp³-hybridized carbons (Fsp3) is 0.231. The van der Waals surface area contributed by atoms with Crippen LogP contribution in [0.1, 0.15) is 12.5 Å². The predicted octanol–water partition coefficient (Wildman–Crippen LogP) is 2.97. The van der Waals surface area contributed by atoms with E-state index in [1.807, 2.05) is 18.2 Å². The summed E-state index contributed by atoms with van der Waals surface area (Å²) in [4.78, 5) is 25.4. The third-order valence-corrected chi connectivity index (χ3v) is 3.83. The maximum absolute atomic E-state index is 12.4. The molecule has 1 heterocycles. The van der Waals surface area contributed by atoms with Crippen molar-refractivity contribution in [2.24, 2.45) is 0 Å².